The number of ketones is 1. The smallest absolute Gasteiger partial charge is 0.261 e. The highest BCUT2D eigenvalue weighted by Crippen LogP contribution is 2.49. The Labute approximate surface area is 259 Å². The molecule has 0 spiro atoms. The summed E-state index contributed by atoms with van der Waals surface area (Å²) in [6.07, 6.45) is 1.58. The molecular formula is C33H35N5O5S. The van der Waals surface area contributed by atoms with Crippen molar-refractivity contribution in [1.29, 1.82) is 0 Å². The van der Waals surface area contributed by atoms with Crippen molar-refractivity contribution in [2.45, 2.75) is 36.9 Å². The first-order valence-corrected chi connectivity index (χ1v) is 15.4. The number of para-hydroxylation sites is 1. The summed E-state index contributed by atoms with van der Waals surface area (Å²) < 4.78 is 11.6. The third-order valence-corrected chi connectivity index (χ3v) is 9.76. The van der Waals surface area contributed by atoms with Crippen LogP contribution in [0.2, 0.25) is 0 Å². The number of thiophene rings is 1. The number of nitrogens with one attached hydrogen (secondary N) is 1. The van der Waals surface area contributed by atoms with Gasteiger partial charge in [0.2, 0.25) is 5.91 Å². The zero-order valence-electron chi connectivity index (χ0n) is 24.4. The molecule has 2 unspecified atom stereocenters. The number of ether oxygens (including phenoxy) is 2. The van der Waals surface area contributed by atoms with Crippen LogP contribution in [0.5, 0.6) is 11.5 Å². The average molecular weight is 614 g/mol. The Kier molecular flexibility index (Phi) is 8.12. The Bertz CT molecular complexity index is 1720. The SMILES string of the molecule is COCCC(=O)N1CCC(NC(=O)c2sc3c(N)ccc4c3c2C(N)C(=O)C4(N)c2ccc(Oc3ccccc3)cc2)CC1. The monoisotopic (exact) mass is 613 g/mol. The van der Waals surface area contributed by atoms with Gasteiger partial charge in [0.15, 0.2) is 5.78 Å². The van der Waals surface area contributed by atoms with E-state index in [0.29, 0.717) is 87.8 Å². The molecule has 11 heteroatoms. The van der Waals surface area contributed by atoms with Crippen molar-refractivity contribution in [2.75, 3.05) is 32.5 Å². The number of rotatable bonds is 8. The summed E-state index contributed by atoms with van der Waals surface area (Å²) in [5.74, 6) is 0.600. The van der Waals surface area contributed by atoms with E-state index in [4.69, 9.17) is 26.7 Å². The minimum absolute atomic E-state index is 0.0432. The number of Topliss-reactive ketones (excluding diaryl/α,β-unsaturated/α-hetero) is 1. The lowest BCUT2D eigenvalue weighted by Crippen LogP contribution is -2.52. The van der Waals surface area contributed by atoms with Crippen LogP contribution in [0, 0.1) is 0 Å². The summed E-state index contributed by atoms with van der Waals surface area (Å²) in [7, 11) is 1.57. The Balaban J connectivity index is 1.28. The third-order valence-electron chi connectivity index (χ3n) is 8.51. The standard InChI is InChI=1S/C33H35N5O5S/c1-42-18-15-25(39)38-16-13-20(14-17-38)37-32(41)30-27-26-23(11-12-24(34)29(26)44-30)33(36,31(40)28(27)35)19-7-9-22(10-8-19)43-21-5-3-2-4-6-21/h2-12,20,28H,13-18,34-36H2,1H3,(H,37,41). The molecule has 4 aromatic rings. The van der Waals surface area contributed by atoms with E-state index < -0.39 is 17.4 Å². The molecule has 3 aromatic carbocycles. The minimum atomic E-state index is -1.55. The number of carbonyl (C=O) groups excluding carboxylic acids is 3. The summed E-state index contributed by atoms with van der Waals surface area (Å²) in [6, 6.07) is 18.7. The maximum absolute atomic E-state index is 14.1. The number of carbonyl (C=O) groups is 3. The molecule has 6 rings (SSSR count). The number of benzene rings is 3. The quantitative estimate of drug-likeness (QED) is 0.218. The van der Waals surface area contributed by atoms with Crippen LogP contribution in [0.25, 0.3) is 10.1 Å². The first-order valence-electron chi connectivity index (χ1n) is 14.6. The molecule has 0 bridgehead atoms. The van der Waals surface area contributed by atoms with Gasteiger partial charge in [-0.05, 0) is 54.3 Å². The van der Waals surface area contributed by atoms with Gasteiger partial charge in [0.25, 0.3) is 5.91 Å². The first-order chi connectivity index (χ1) is 21.2. The van der Waals surface area contributed by atoms with E-state index in [2.05, 4.69) is 5.32 Å². The molecule has 1 saturated heterocycles. The van der Waals surface area contributed by atoms with E-state index in [0.717, 1.165) is 0 Å². The fraction of sp³-hybridized carbons (Fsp3) is 0.303. The van der Waals surface area contributed by atoms with Gasteiger partial charge in [0, 0.05) is 42.9 Å². The number of hydrogen-bond acceptors (Lipinski definition) is 9. The highest BCUT2D eigenvalue weighted by Gasteiger charge is 2.48. The Morgan fingerprint density at radius 3 is 2.39 bits per heavy atom. The van der Waals surface area contributed by atoms with Crippen molar-refractivity contribution < 1.29 is 23.9 Å². The van der Waals surface area contributed by atoms with Gasteiger partial charge in [-0.1, -0.05) is 36.4 Å². The molecule has 10 nitrogen and oxygen atoms in total. The van der Waals surface area contributed by atoms with Gasteiger partial charge >= 0.3 is 0 Å². The molecule has 0 radical (unpaired) electrons. The summed E-state index contributed by atoms with van der Waals surface area (Å²) in [5.41, 5.74) is 20.5. The van der Waals surface area contributed by atoms with Crippen LogP contribution in [-0.2, 0) is 19.9 Å². The molecule has 0 saturated carbocycles. The van der Waals surface area contributed by atoms with Gasteiger partial charge in [-0.15, -0.1) is 11.3 Å². The van der Waals surface area contributed by atoms with Gasteiger partial charge in [-0.2, -0.15) is 0 Å². The van der Waals surface area contributed by atoms with Crippen LogP contribution in [-0.4, -0.2) is 55.3 Å². The average Bonchev–Trinajstić information content (AvgIpc) is 3.45. The summed E-state index contributed by atoms with van der Waals surface area (Å²) in [5, 5.41) is 3.76. The summed E-state index contributed by atoms with van der Waals surface area (Å²) in [4.78, 5) is 42.3. The third kappa shape index (κ3) is 5.22. The van der Waals surface area contributed by atoms with Crippen molar-refractivity contribution in [3.05, 3.63) is 88.3 Å². The van der Waals surface area contributed by atoms with E-state index in [1.54, 1.807) is 48.4 Å². The van der Waals surface area contributed by atoms with E-state index >= 15 is 0 Å². The van der Waals surface area contributed by atoms with Gasteiger partial charge in [0.05, 0.1) is 28.6 Å². The maximum Gasteiger partial charge on any atom is 0.261 e. The normalized spacial score (nSPS) is 20.1. The molecule has 2 amide bonds. The van der Waals surface area contributed by atoms with Crippen LogP contribution in [0.3, 0.4) is 0 Å². The number of hydrogen-bond donors (Lipinski definition) is 4. The first kappa shape index (κ1) is 29.8. The number of nitrogen functional groups attached to an aromatic ring is 1. The Morgan fingerprint density at radius 2 is 1.70 bits per heavy atom. The predicted octanol–water partition coefficient (Wildman–Crippen LogP) is 3.82. The molecule has 1 aromatic heterocycles. The number of methoxy groups -OCH3 is 1. The number of piperidine rings is 1. The second kappa shape index (κ2) is 12.0. The second-order valence-corrected chi connectivity index (χ2v) is 12.2. The lowest BCUT2D eigenvalue weighted by Gasteiger charge is -2.36. The lowest BCUT2D eigenvalue weighted by molar-refractivity contribution is -0.133. The number of nitrogens with zero attached hydrogens (tertiary/aromatic N) is 1. The van der Waals surface area contributed by atoms with Crippen molar-refractivity contribution >= 4 is 44.7 Å². The number of nitrogens with two attached hydrogens (primary N) is 3. The van der Waals surface area contributed by atoms with Crippen molar-refractivity contribution in [3.63, 3.8) is 0 Å². The van der Waals surface area contributed by atoms with Crippen LogP contribution in [0.15, 0.2) is 66.7 Å². The van der Waals surface area contributed by atoms with Crippen LogP contribution >= 0.6 is 11.3 Å². The fourth-order valence-electron chi connectivity index (χ4n) is 6.13. The van der Waals surface area contributed by atoms with Crippen molar-refractivity contribution in [3.8, 4) is 11.5 Å². The highest BCUT2D eigenvalue weighted by molar-refractivity contribution is 7.21. The predicted molar refractivity (Wildman–Crippen MR) is 170 cm³/mol. The van der Waals surface area contributed by atoms with Crippen LogP contribution in [0.4, 0.5) is 5.69 Å². The molecule has 2 atom stereocenters. The zero-order chi connectivity index (χ0) is 31.0. The number of likely N-dealkylation sites (tertiary alicyclic amines) is 1. The molecule has 1 aliphatic heterocycles. The molecule has 1 fully saturated rings. The molecule has 2 aliphatic rings. The van der Waals surface area contributed by atoms with E-state index in [9.17, 15) is 14.4 Å². The van der Waals surface area contributed by atoms with E-state index in [1.165, 1.54) is 11.3 Å². The maximum atomic E-state index is 14.1. The molecule has 1 aliphatic carbocycles. The van der Waals surface area contributed by atoms with E-state index in [-0.39, 0.29) is 17.9 Å². The number of amides is 2. The molecule has 2 heterocycles. The second-order valence-electron chi connectivity index (χ2n) is 11.2. The minimum Gasteiger partial charge on any atom is -0.457 e. The topological polar surface area (TPSA) is 163 Å². The largest absolute Gasteiger partial charge is 0.457 e. The van der Waals surface area contributed by atoms with Crippen LogP contribution < -0.4 is 27.3 Å². The highest BCUT2D eigenvalue weighted by atomic mass is 32.1. The van der Waals surface area contributed by atoms with Crippen molar-refractivity contribution in [2.24, 2.45) is 11.5 Å². The fourth-order valence-corrected chi connectivity index (χ4v) is 7.33. The molecule has 228 valence electrons. The van der Waals surface area contributed by atoms with Gasteiger partial charge < -0.3 is 36.9 Å². The molecule has 44 heavy (non-hydrogen) atoms. The van der Waals surface area contributed by atoms with Crippen molar-refractivity contribution in [1.82, 2.24) is 10.2 Å². The van der Waals surface area contributed by atoms with Gasteiger partial charge in [0.1, 0.15) is 17.0 Å². The summed E-state index contributed by atoms with van der Waals surface area (Å²) in [6.45, 7) is 1.48. The molecule has 7 N–H and O–H groups in total. The van der Waals surface area contributed by atoms with E-state index in [1.807, 2.05) is 30.3 Å². The lowest BCUT2D eigenvalue weighted by atomic mass is 9.70. The molecular weight excluding hydrogens is 578 g/mol. The summed E-state index contributed by atoms with van der Waals surface area (Å²) >= 11 is 1.22. The van der Waals surface area contributed by atoms with Gasteiger partial charge in [-0.25, -0.2) is 0 Å². The number of anilines is 1. The van der Waals surface area contributed by atoms with Crippen LogP contribution in [0.1, 0.15) is 51.7 Å². The Morgan fingerprint density at radius 1 is 1.02 bits per heavy atom. The zero-order valence-corrected chi connectivity index (χ0v) is 25.2. The Hall–Kier alpha value is -4.29. The van der Waals surface area contributed by atoms with Gasteiger partial charge in [-0.3, -0.25) is 14.4 Å².